The SMILES string of the molecule is Cc1cccc(CN2CCc3sc(Nc4ncc(F)cn4)nc3-c3cn[nH]c32)n1. The summed E-state index contributed by atoms with van der Waals surface area (Å²) in [4.78, 5) is 20.6. The Morgan fingerprint density at radius 2 is 2.07 bits per heavy atom. The molecular weight excluding hydrogens is 391 g/mol. The van der Waals surface area contributed by atoms with Gasteiger partial charge in [-0.15, -0.1) is 11.3 Å². The third kappa shape index (κ3) is 3.54. The molecule has 5 heterocycles. The summed E-state index contributed by atoms with van der Waals surface area (Å²) in [5.41, 5.74) is 3.86. The highest BCUT2D eigenvalue weighted by atomic mass is 32.1. The molecule has 0 amide bonds. The quantitative estimate of drug-likeness (QED) is 0.534. The van der Waals surface area contributed by atoms with E-state index in [0.29, 0.717) is 17.6 Å². The van der Waals surface area contributed by atoms with Crippen molar-refractivity contribution in [3.63, 3.8) is 0 Å². The third-order valence-corrected chi connectivity index (χ3v) is 5.67. The summed E-state index contributed by atoms with van der Waals surface area (Å²) >= 11 is 1.55. The van der Waals surface area contributed by atoms with Crippen LogP contribution in [0.2, 0.25) is 0 Å². The number of aromatic nitrogens is 6. The van der Waals surface area contributed by atoms with Crippen molar-refractivity contribution < 1.29 is 4.39 Å². The fourth-order valence-corrected chi connectivity index (χ4v) is 4.30. The topological polar surface area (TPSA) is 95.5 Å². The first-order valence-corrected chi connectivity index (χ1v) is 9.93. The number of hydrogen-bond acceptors (Lipinski definition) is 8. The van der Waals surface area contributed by atoms with Crippen LogP contribution in [0, 0.1) is 12.7 Å². The van der Waals surface area contributed by atoms with E-state index in [2.05, 4.69) is 35.4 Å². The maximum Gasteiger partial charge on any atom is 0.229 e. The molecule has 146 valence electrons. The smallest absolute Gasteiger partial charge is 0.229 e. The van der Waals surface area contributed by atoms with Crippen molar-refractivity contribution in [2.24, 2.45) is 0 Å². The maximum atomic E-state index is 13.0. The van der Waals surface area contributed by atoms with Gasteiger partial charge in [-0.05, 0) is 19.1 Å². The normalized spacial score (nSPS) is 13.0. The molecule has 0 saturated heterocycles. The van der Waals surface area contributed by atoms with Crippen molar-refractivity contribution in [2.45, 2.75) is 19.9 Å². The first kappa shape index (κ1) is 17.7. The lowest BCUT2D eigenvalue weighted by Gasteiger charge is -2.21. The standard InChI is InChI=1S/C19H17FN8S/c1-11-3-2-4-13(24-11)10-28-6-5-15-16(14-9-23-27-17(14)28)25-19(29-15)26-18-21-7-12(20)8-22-18/h2-4,7-9H,5-6,10H2,1H3,(H,23,27)(H,21,22,25,26). The second-order valence-electron chi connectivity index (χ2n) is 6.71. The molecule has 5 rings (SSSR count). The zero-order chi connectivity index (χ0) is 19.8. The number of nitrogens with one attached hydrogen (secondary N) is 2. The number of aryl methyl sites for hydroxylation is 1. The molecule has 10 heteroatoms. The van der Waals surface area contributed by atoms with Gasteiger partial charge in [0.25, 0.3) is 0 Å². The van der Waals surface area contributed by atoms with Crippen molar-refractivity contribution in [2.75, 3.05) is 16.8 Å². The van der Waals surface area contributed by atoms with Crippen LogP contribution in [0.3, 0.4) is 0 Å². The minimum absolute atomic E-state index is 0.315. The molecule has 0 aliphatic carbocycles. The Morgan fingerprint density at radius 3 is 2.90 bits per heavy atom. The van der Waals surface area contributed by atoms with Crippen molar-refractivity contribution in [1.82, 2.24) is 30.1 Å². The molecule has 1 aliphatic rings. The third-order valence-electron chi connectivity index (χ3n) is 4.63. The van der Waals surface area contributed by atoms with Crippen LogP contribution in [0.5, 0.6) is 0 Å². The van der Waals surface area contributed by atoms with Crippen LogP contribution < -0.4 is 10.2 Å². The highest BCUT2D eigenvalue weighted by Crippen LogP contribution is 2.39. The number of aromatic amines is 1. The van der Waals surface area contributed by atoms with Crippen LogP contribution >= 0.6 is 11.3 Å². The van der Waals surface area contributed by atoms with E-state index in [4.69, 9.17) is 4.98 Å². The molecule has 0 saturated carbocycles. The van der Waals surface area contributed by atoms with E-state index in [-0.39, 0.29) is 0 Å². The van der Waals surface area contributed by atoms with Gasteiger partial charge in [-0.25, -0.2) is 19.3 Å². The lowest BCUT2D eigenvalue weighted by molar-refractivity contribution is 0.614. The van der Waals surface area contributed by atoms with Gasteiger partial charge < -0.3 is 10.2 Å². The fourth-order valence-electron chi connectivity index (χ4n) is 3.34. The number of hydrogen-bond donors (Lipinski definition) is 2. The average Bonchev–Trinajstić information content (AvgIpc) is 3.31. The van der Waals surface area contributed by atoms with Crippen molar-refractivity contribution in [1.29, 1.82) is 0 Å². The summed E-state index contributed by atoms with van der Waals surface area (Å²) < 4.78 is 13.0. The number of halogens is 1. The average molecular weight is 408 g/mol. The van der Waals surface area contributed by atoms with Crippen LogP contribution in [-0.2, 0) is 13.0 Å². The lowest BCUT2D eigenvalue weighted by atomic mass is 10.2. The number of nitrogens with zero attached hydrogens (tertiary/aromatic N) is 6. The first-order chi connectivity index (χ1) is 14.2. The first-order valence-electron chi connectivity index (χ1n) is 9.11. The van der Waals surface area contributed by atoms with E-state index in [1.807, 2.05) is 25.1 Å². The van der Waals surface area contributed by atoms with Crippen LogP contribution in [0.25, 0.3) is 11.3 Å². The van der Waals surface area contributed by atoms with E-state index < -0.39 is 5.82 Å². The van der Waals surface area contributed by atoms with Gasteiger partial charge >= 0.3 is 0 Å². The summed E-state index contributed by atoms with van der Waals surface area (Å²) in [6.45, 7) is 3.50. The summed E-state index contributed by atoms with van der Waals surface area (Å²) in [6, 6.07) is 6.05. The molecule has 0 unspecified atom stereocenters. The summed E-state index contributed by atoms with van der Waals surface area (Å²) in [5, 5.41) is 11.1. The molecule has 0 fully saturated rings. The predicted molar refractivity (Wildman–Crippen MR) is 109 cm³/mol. The molecule has 0 aromatic carbocycles. The molecular formula is C19H17FN8S. The predicted octanol–water partition coefficient (Wildman–Crippen LogP) is 3.47. The zero-order valence-corrected chi connectivity index (χ0v) is 16.4. The van der Waals surface area contributed by atoms with E-state index in [0.717, 1.165) is 58.7 Å². The van der Waals surface area contributed by atoms with Crippen LogP contribution in [0.1, 0.15) is 16.3 Å². The minimum atomic E-state index is -0.475. The molecule has 8 nitrogen and oxygen atoms in total. The molecule has 29 heavy (non-hydrogen) atoms. The summed E-state index contributed by atoms with van der Waals surface area (Å²) in [6.07, 6.45) is 4.89. The molecule has 4 aromatic heterocycles. The Kier molecular flexibility index (Phi) is 4.39. The van der Waals surface area contributed by atoms with E-state index in [1.54, 1.807) is 17.5 Å². The number of fused-ring (bicyclic) bond motifs is 3. The summed E-state index contributed by atoms with van der Waals surface area (Å²) in [7, 11) is 0. The molecule has 0 atom stereocenters. The van der Waals surface area contributed by atoms with E-state index in [9.17, 15) is 4.39 Å². The van der Waals surface area contributed by atoms with Gasteiger partial charge in [0.1, 0.15) is 5.82 Å². The van der Waals surface area contributed by atoms with Gasteiger partial charge in [-0.2, -0.15) is 5.10 Å². The van der Waals surface area contributed by atoms with Gasteiger partial charge in [0.2, 0.25) is 5.95 Å². The van der Waals surface area contributed by atoms with Crippen molar-refractivity contribution in [3.8, 4) is 11.3 Å². The summed E-state index contributed by atoms with van der Waals surface area (Å²) in [5.74, 6) is 0.772. The van der Waals surface area contributed by atoms with Gasteiger partial charge in [-0.1, -0.05) is 6.07 Å². The number of rotatable bonds is 4. The Morgan fingerprint density at radius 1 is 1.21 bits per heavy atom. The van der Waals surface area contributed by atoms with Gasteiger partial charge in [0.15, 0.2) is 10.9 Å². The Hall–Kier alpha value is -3.40. The maximum absolute atomic E-state index is 13.0. The van der Waals surface area contributed by atoms with E-state index >= 15 is 0 Å². The Labute approximate surface area is 169 Å². The van der Waals surface area contributed by atoms with Gasteiger partial charge in [0.05, 0.1) is 42.1 Å². The monoisotopic (exact) mass is 408 g/mol. The molecule has 0 spiro atoms. The van der Waals surface area contributed by atoms with Gasteiger partial charge in [0, 0.05) is 23.5 Å². The second-order valence-corrected chi connectivity index (χ2v) is 7.80. The van der Waals surface area contributed by atoms with Crippen molar-refractivity contribution >= 4 is 28.2 Å². The minimum Gasteiger partial charge on any atom is -0.350 e. The largest absolute Gasteiger partial charge is 0.350 e. The Bertz CT molecular complexity index is 1150. The molecule has 4 aromatic rings. The number of anilines is 3. The Balaban J connectivity index is 1.43. The molecule has 2 N–H and O–H groups in total. The number of H-pyrrole nitrogens is 1. The second kappa shape index (κ2) is 7.21. The van der Waals surface area contributed by atoms with Crippen LogP contribution in [-0.4, -0.2) is 36.7 Å². The fraction of sp³-hybridized carbons (Fsp3) is 0.211. The van der Waals surface area contributed by atoms with Crippen LogP contribution in [0.4, 0.5) is 21.3 Å². The zero-order valence-electron chi connectivity index (χ0n) is 15.6. The molecule has 1 aliphatic heterocycles. The van der Waals surface area contributed by atoms with Crippen LogP contribution in [0.15, 0.2) is 36.8 Å². The number of pyridine rings is 1. The molecule has 0 bridgehead atoms. The highest BCUT2D eigenvalue weighted by Gasteiger charge is 2.25. The van der Waals surface area contributed by atoms with Gasteiger partial charge in [-0.3, -0.25) is 10.1 Å². The van der Waals surface area contributed by atoms with E-state index in [1.165, 1.54) is 0 Å². The lowest BCUT2D eigenvalue weighted by Crippen LogP contribution is -2.25. The number of thiazole rings is 1. The van der Waals surface area contributed by atoms with Crippen molar-refractivity contribution in [3.05, 3.63) is 58.9 Å². The molecule has 0 radical (unpaired) electrons. The highest BCUT2D eigenvalue weighted by molar-refractivity contribution is 7.16.